The van der Waals surface area contributed by atoms with E-state index < -0.39 is 0 Å². The van der Waals surface area contributed by atoms with Crippen molar-refractivity contribution in [1.29, 1.82) is 0 Å². The number of aromatic nitrogens is 2. The Balaban J connectivity index is 1.63. The van der Waals surface area contributed by atoms with E-state index in [1.807, 2.05) is 40.2 Å². The first kappa shape index (κ1) is 11.9. The van der Waals surface area contributed by atoms with Gasteiger partial charge in [-0.3, -0.25) is 4.79 Å². The van der Waals surface area contributed by atoms with Crippen molar-refractivity contribution in [2.45, 2.75) is 6.42 Å². The first-order valence-electron chi connectivity index (χ1n) is 6.07. The summed E-state index contributed by atoms with van der Waals surface area (Å²) < 4.78 is 1.84. The molecule has 0 saturated carbocycles. The van der Waals surface area contributed by atoms with Crippen LogP contribution in [0.3, 0.4) is 0 Å². The molecule has 0 aliphatic rings. The fourth-order valence-electron chi connectivity index (χ4n) is 1.89. The van der Waals surface area contributed by atoms with Crippen molar-refractivity contribution >= 4 is 22.9 Å². The van der Waals surface area contributed by atoms with Gasteiger partial charge in [-0.2, -0.15) is 0 Å². The quantitative estimate of drug-likeness (QED) is 0.792. The molecule has 5 heteroatoms. The molecular formula is C14H13N3OS. The summed E-state index contributed by atoms with van der Waals surface area (Å²) in [6, 6.07) is 9.78. The number of hydrogen-bond donors (Lipinski definition) is 1. The molecule has 0 bridgehead atoms. The maximum absolute atomic E-state index is 12.0. The standard InChI is InChI=1S/C14H13N3OS/c18-14(15-7-6-11-4-3-9-19-11)12-10-17-8-2-1-5-13(17)16-12/h1-5,8-10H,6-7H2,(H,15,18). The summed E-state index contributed by atoms with van der Waals surface area (Å²) in [7, 11) is 0. The van der Waals surface area contributed by atoms with Crippen molar-refractivity contribution in [3.05, 3.63) is 58.7 Å². The molecule has 0 radical (unpaired) electrons. The van der Waals surface area contributed by atoms with Crippen LogP contribution in [0.1, 0.15) is 15.4 Å². The van der Waals surface area contributed by atoms with Gasteiger partial charge in [-0.05, 0) is 30.0 Å². The van der Waals surface area contributed by atoms with Crippen LogP contribution in [0.15, 0.2) is 48.1 Å². The molecule has 1 amide bonds. The first-order valence-corrected chi connectivity index (χ1v) is 6.95. The van der Waals surface area contributed by atoms with Gasteiger partial charge in [0.25, 0.3) is 5.91 Å². The second-order valence-corrected chi connectivity index (χ2v) is 5.21. The van der Waals surface area contributed by atoms with Crippen LogP contribution in [-0.4, -0.2) is 21.8 Å². The number of imidazole rings is 1. The number of carbonyl (C=O) groups is 1. The van der Waals surface area contributed by atoms with Crippen molar-refractivity contribution in [3.63, 3.8) is 0 Å². The molecule has 0 fully saturated rings. The zero-order valence-corrected chi connectivity index (χ0v) is 11.1. The molecular weight excluding hydrogens is 258 g/mol. The van der Waals surface area contributed by atoms with Crippen molar-refractivity contribution in [2.24, 2.45) is 0 Å². The molecule has 0 aliphatic heterocycles. The average Bonchev–Trinajstić information content (AvgIpc) is 3.07. The summed E-state index contributed by atoms with van der Waals surface area (Å²) in [6.07, 6.45) is 4.48. The van der Waals surface area contributed by atoms with Crippen LogP contribution in [0.5, 0.6) is 0 Å². The lowest BCUT2D eigenvalue weighted by Gasteiger charge is -2.00. The van der Waals surface area contributed by atoms with E-state index in [9.17, 15) is 4.79 Å². The van der Waals surface area contributed by atoms with Crippen LogP contribution in [0, 0.1) is 0 Å². The van der Waals surface area contributed by atoms with E-state index in [1.165, 1.54) is 4.88 Å². The third kappa shape index (κ3) is 2.66. The molecule has 3 heterocycles. The highest BCUT2D eigenvalue weighted by atomic mass is 32.1. The van der Waals surface area contributed by atoms with E-state index in [2.05, 4.69) is 16.4 Å². The Hall–Kier alpha value is -2.14. The number of hydrogen-bond acceptors (Lipinski definition) is 3. The summed E-state index contributed by atoms with van der Waals surface area (Å²) in [5.41, 5.74) is 1.24. The maximum Gasteiger partial charge on any atom is 0.271 e. The van der Waals surface area contributed by atoms with Crippen LogP contribution < -0.4 is 5.32 Å². The number of carbonyl (C=O) groups excluding carboxylic acids is 1. The third-order valence-electron chi connectivity index (χ3n) is 2.83. The molecule has 0 spiro atoms. The predicted molar refractivity (Wildman–Crippen MR) is 75.5 cm³/mol. The lowest BCUT2D eigenvalue weighted by Crippen LogP contribution is -2.25. The number of pyridine rings is 1. The predicted octanol–water partition coefficient (Wildman–Crippen LogP) is 2.37. The third-order valence-corrected chi connectivity index (χ3v) is 3.77. The summed E-state index contributed by atoms with van der Waals surface area (Å²) in [5, 5.41) is 4.93. The molecule has 3 rings (SSSR count). The molecule has 0 aromatic carbocycles. The largest absolute Gasteiger partial charge is 0.350 e. The molecule has 0 saturated heterocycles. The number of fused-ring (bicyclic) bond motifs is 1. The van der Waals surface area contributed by atoms with Gasteiger partial charge in [-0.15, -0.1) is 11.3 Å². The number of nitrogens with one attached hydrogen (secondary N) is 1. The van der Waals surface area contributed by atoms with Gasteiger partial charge in [0, 0.05) is 23.8 Å². The second-order valence-electron chi connectivity index (χ2n) is 4.18. The van der Waals surface area contributed by atoms with E-state index in [0.29, 0.717) is 12.2 Å². The SMILES string of the molecule is O=C(NCCc1cccs1)c1cn2ccccc2n1. The molecule has 19 heavy (non-hydrogen) atoms. The lowest BCUT2D eigenvalue weighted by atomic mass is 10.3. The Bertz CT molecular complexity index is 655. The van der Waals surface area contributed by atoms with Crippen LogP contribution in [-0.2, 0) is 6.42 Å². The van der Waals surface area contributed by atoms with Crippen LogP contribution in [0.25, 0.3) is 5.65 Å². The van der Waals surface area contributed by atoms with Gasteiger partial charge in [-0.1, -0.05) is 12.1 Å². The average molecular weight is 271 g/mol. The molecule has 0 aliphatic carbocycles. The Morgan fingerprint density at radius 3 is 3.05 bits per heavy atom. The summed E-state index contributed by atoms with van der Waals surface area (Å²) in [6.45, 7) is 0.632. The van der Waals surface area contributed by atoms with E-state index in [4.69, 9.17) is 0 Å². The smallest absolute Gasteiger partial charge is 0.271 e. The van der Waals surface area contributed by atoms with Crippen molar-refractivity contribution in [2.75, 3.05) is 6.54 Å². The Morgan fingerprint density at radius 2 is 2.26 bits per heavy atom. The fourth-order valence-corrected chi connectivity index (χ4v) is 2.60. The zero-order chi connectivity index (χ0) is 13.1. The minimum atomic E-state index is -0.125. The summed E-state index contributed by atoms with van der Waals surface area (Å²) in [5.74, 6) is -0.125. The van der Waals surface area contributed by atoms with E-state index in [0.717, 1.165) is 12.1 Å². The van der Waals surface area contributed by atoms with Crippen LogP contribution in [0.2, 0.25) is 0 Å². The van der Waals surface area contributed by atoms with E-state index >= 15 is 0 Å². The number of thiophene rings is 1. The molecule has 4 nitrogen and oxygen atoms in total. The van der Waals surface area contributed by atoms with Gasteiger partial charge in [0.2, 0.25) is 0 Å². The Labute approximate surface area is 114 Å². The van der Waals surface area contributed by atoms with Crippen LogP contribution in [0.4, 0.5) is 0 Å². The lowest BCUT2D eigenvalue weighted by molar-refractivity contribution is 0.0950. The maximum atomic E-state index is 12.0. The topological polar surface area (TPSA) is 46.4 Å². The Kier molecular flexibility index (Phi) is 3.29. The van der Waals surface area contributed by atoms with Gasteiger partial charge in [0.15, 0.2) is 0 Å². The molecule has 0 unspecified atom stereocenters. The minimum absolute atomic E-state index is 0.125. The van der Waals surface area contributed by atoms with Gasteiger partial charge < -0.3 is 9.72 Å². The van der Waals surface area contributed by atoms with Crippen molar-refractivity contribution in [1.82, 2.24) is 14.7 Å². The number of nitrogens with zero attached hydrogens (tertiary/aromatic N) is 2. The highest BCUT2D eigenvalue weighted by Crippen LogP contribution is 2.08. The van der Waals surface area contributed by atoms with Gasteiger partial charge >= 0.3 is 0 Å². The van der Waals surface area contributed by atoms with Gasteiger partial charge in [-0.25, -0.2) is 4.98 Å². The monoisotopic (exact) mass is 271 g/mol. The highest BCUT2D eigenvalue weighted by Gasteiger charge is 2.09. The van der Waals surface area contributed by atoms with E-state index in [-0.39, 0.29) is 5.91 Å². The Morgan fingerprint density at radius 1 is 1.32 bits per heavy atom. The zero-order valence-electron chi connectivity index (χ0n) is 10.2. The molecule has 1 N–H and O–H groups in total. The van der Waals surface area contributed by atoms with Gasteiger partial charge in [0.05, 0.1) is 0 Å². The van der Waals surface area contributed by atoms with Crippen molar-refractivity contribution < 1.29 is 4.79 Å². The van der Waals surface area contributed by atoms with E-state index in [1.54, 1.807) is 17.5 Å². The molecule has 0 atom stereocenters. The molecule has 3 aromatic rings. The molecule has 96 valence electrons. The summed E-state index contributed by atoms with van der Waals surface area (Å²) in [4.78, 5) is 17.5. The fraction of sp³-hybridized carbons (Fsp3) is 0.143. The minimum Gasteiger partial charge on any atom is -0.350 e. The number of rotatable bonds is 4. The summed E-state index contributed by atoms with van der Waals surface area (Å²) >= 11 is 1.70. The number of amides is 1. The second kappa shape index (κ2) is 5.24. The highest BCUT2D eigenvalue weighted by molar-refractivity contribution is 7.09. The molecule has 3 aromatic heterocycles. The van der Waals surface area contributed by atoms with Crippen molar-refractivity contribution in [3.8, 4) is 0 Å². The first-order chi connectivity index (χ1) is 9.33. The normalized spacial score (nSPS) is 10.7. The van der Waals surface area contributed by atoms with Gasteiger partial charge in [0.1, 0.15) is 11.3 Å². The van der Waals surface area contributed by atoms with Crippen LogP contribution >= 0.6 is 11.3 Å².